The smallest absolute Gasteiger partial charge is 0.311 e. The average molecular weight is 359 g/mol. The van der Waals surface area contributed by atoms with Gasteiger partial charge in [0, 0.05) is 31.3 Å². The molecule has 5 nitrogen and oxygen atoms in total. The SMILES string of the molecule is O=C(OCc1ccc(Cl)nc1)C1CC(=O)N(CCc2ccccc2)C1. The molecule has 0 bridgehead atoms. The van der Waals surface area contributed by atoms with Crippen molar-refractivity contribution in [2.75, 3.05) is 13.1 Å². The van der Waals surface area contributed by atoms with Crippen molar-refractivity contribution in [3.05, 3.63) is 64.9 Å². The van der Waals surface area contributed by atoms with Gasteiger partial charge in [-0.25, -0.2) is 4.98 Å². The van der Waals surface area contributed by atoms with E-state index in [9.17, 15) is 9.59 Å². The normalized spacial score (nSPS) is 16.9. The van der Waals surface area contributed by atoms with Gasteiger partial charge in [0.25, 0.3) is 0 Å². The van der Waals surface area contributed by atoms with Crippen LogP contribution in [0, 0.1) is 5.92 Å². The molecule has 1 aliphatic rings. The number of pyridine rings is 1. The standard InChI is InChI=1S/C19H19ClN2O3/c20-17-7-6-15(11-21-17)13-25-19(24)16-10-18(23)22(12-16)9-8-14-4-2-1-3-5-14/h1-7,11,16H,8-10,12-13H2. The van der Waals surface area contributed by atoms with E-state index in [0.29, 0.717) is 18.2 Å². The Morgan fingerprint density at radius 1 is 1.20 bits per heavy atom. The Kier molecular flexibility index (Phi) is 5.66. The zero-order valence-electron chi connectivity index (χ0n) is 13.7. The van der Waals surface area contributed by atoms with Crippen molar-refractivity contribution in [1.29, 1.82) is 0 Å². The molecule has 0 spiro atoms. The topological polar surface area (TPSA) is 59.5 Å². The Morgan fingerprint density at radius 3 is 2.72 bits per heavy atom. The molecule has 1 aromatic heterocycles. The molecular weight excluding hydrogens is 340 g/mol. The third-order valence-corrected chi connectivity index (χ3v) is 4.45. The molecule has 1 amide bonds. The van der Waals surface area contributed by atoms with Crippen LogP contribution in [0.3, 0.4) is 0 Å². The third-order valence-electron chi connectivity index (χ3n) is 4.23. The maximum atomic E-state index is 12.2. The maximum Gasteiger partial charge on any atom is 0.311 e. The number of aromatic nitrogens is 1. The molecule has 0 aliphatic carbocycles. The molecule has 2 aromatic rings. The predicted molar refractivity (Wildman–Crippen MR) is 93.9 cm³/mol. The van der Waals surface area contributed by atoms with Crippen LogP contribution in [0.4, 0.5) is 0 Å². The van der Waals surface area contributed by atoms with E-state index < -0.39 is 5.92 Å². The molecular formula is C19H19ClN2O3. The molecule has 1 aliphatic heterocycles. The number of halogens is 1. The van der Waals surface area contributed by atoms with Crippen LogP contribution in [0.2, 0.25) is 5.15 Å². The first kappa shape index (κ1) is 17.4. The predicted octanol–water partition coefficient (Wildman–Crippen LogP) is 2.87. The fraction of sp³-hybridized carbons (Fsp3) is 0.316. The minimum Gasteiger partial charge on any atom is -0.460 e. The van der Waals surface area contributed by atoms with Crippen LogP contribution in [0.15, 0.2) is 48.7 Å². The lowest BCUT2D eigenvalue weighted by Crippen LogP contribution is -2.28. The van der Waals surface area contributed by atoms with E-state index in [2.05, 4.69) is 4.98 Å². The lowest BCUT2D eigenvalue weighted by Gasteiger charge is -2.16. The van der Waals surface area contributed by atoms with Gasteiger partial charge in [-0.05, 0) is 18.1 Å². The van der Waals surface area contributed by atoms with Crippen molar-refractivity contribution in [1.82, 2.24) is 9.88 Å². The highest BCUT2D eigenvalue weighted by atomic mass is 35.5. The maximum absolute atomic E-state index is 12.2. The van der Waals surface area contributed by atoms with E-state index in [1.54, 1.807) is 23.2 Å². The van der Waals surface area contributed by atoms with E-state index in [1.165, 1.54) is 5.56 Å². The zero-order valence-corrected chi connectivity index (χ0v) is 14.5. The highest BCUT2D eigenvalue weighted by Crippen LogP contribution is 2.20. The first-order valence-corrected chi connectivity index (χ1v) is 8.58. The number of ether oxygens (including phenoxy) is 1. The van der Waals surface area contributed by atoms with E-state index >= 15 is 0 Å². The second-order valence-electron chi connectivity index (χ2n) is 6.07. The Morgan fingerprint density at radius 2 is 2.00 bits per heavy atom. The quantitative estimate of drug-likeness (QED) is 0.588. The molecule has 0 radical (unpaired) electrons. The van der Waals surface area contributed by atoms with Gasteiger partial charge in [-0.15, -0.1) is 0 Å². The summed E-state index contributed by atoms with van der Waals surface area (Å²) in [5.74, 6) is -0.736. The van der Waals surface area contributed by atoms with Crippen molar-refractivity contribution in [2.45, 2.75) is 19.4 Å². The van der Waals surface area contributed by atoms with Gasteiger partial charge in [0.2, 0.25) is 5.91 Å². The summed E-state index contributed by atoms with van der Waals surface area (Å²) in [4.78, 5) is 30.0. The van der Waals surface area contributed by atoms with Crippen LogP contribution >= 0.6 is 11.6 Å². The van der Waals surface area contributed by atoms with Crippen molar-refractivity contribution < 1.29 is 14.3 Å². The molecule has 1 aromatic carbocycles. The summed E-state index contributed by atoms with van der Waals surface area (Å²) in [6.45, 7) is 1.18. The van der Waals surface area contributed by atoms with E-state index in [1.807, 2.05) is 30.3 Å². The number of hydrogen-bond acceptors (Lipinski definition) is 4. The first-order chi connectivity index (χ1) is 12.1. The molecule has 1 unspecified atom stereocenters. The molecule has 2 heterocycles. The van der Waals surface area contributed by atoms with Crippen LogP contribution in [-0.4, -0.2) is 34.8 Å². The molecule has 130 valence electrons. The zero-order chi connectivity index (χ0) is 17.6. The second-order valence-corrected chi connectivity index (χ2v) is 6.46. The van der Waals surface area contributed by atoms with Crippen molar-refractivity contribution >= 4 is 23.5 Å². The number of likely N-dealkylation sites (tertiary alicyclic amines) is 1. The number of carbonyl (C=O) groups is 2. The summed E-state index contributed by atoms with van der Waals surface area (Å²) in [5.41, 5.74) is 1.94. The lowest BCUT2D eigenvalue weighted by molar-refractivity contribution is -0.149. The van der Waals surface area contributed by atoms with Gasteiger partial charge < -0.3 is 9.64 Å². The van der Waals surface area contributed by atoms with Gasteiger partial charge in [0.05, 0.1) is 5.92 Å². The second kappa shape index (κ2) is 8.12. The number of esters is 1. The van der Waals surface area contributed by atoms with Gasteiger partial charge in [0.15, 0.2) is 0 Å². The number of benzene rings is 1. The number of hydrogen-bond donors (Lipinski definition) is 0. The summed E-state index contributed by atoms with van der Waals surface area (Å²) in [6.07, 6.45) is 2.57. The summed E-state index contributed by atoms with van der Waals surface area (Å²) in [7, 11) is 0. The van der Waals surface area contributed by atoms with Crippen molar-refractivity contribution in [3.63, 3.8) is 0 Å². The van der Waals surface area contributed by atoms with Gasteiger partial charge in [-0.1, -0.05) is 48.0 Å². The van der Waals surface area contributed by atoms with Crippen LogP contribution in [0.25, 0.3) is 0 Å². The van der Waals surface area contributed by atoms with E-state index in [-0.39, 0.29) is 24.9 Å². The Bertz CT molecular complexity index is 734. The number of amides is 1. The molecule has 6 heteroatoms. The van der Waals surface area contributed by atoms with E-state index in [4.69, 9.17) is 16.3 Å². The van der Waals surface area contributed by atoms with Crippen molar-refractivity contribution in [2.24, 2.45) is 5.92 Å². The molecule has 1 fully saturated rings. The van der Waals surface area contributed by atoms with E-state index in [0.717, 1.165) is 12.0 Å². The summed E-state index contributed by atoms with van der Waals surface area (Å²) in [6, 6.07) is 13.4. The van der Waals surface area contributed by atoms with Crippen molar-refractivity contribution in [3.8, 4) is 0 Å². The average Bonchev–Trinajstić information content (AvgIpc) is 3.01. The Hall–Kier alpha value is -2.40. The fourth-order valence-electron chi connectivity index (χ4n) is 2.82. The number of nitrogens with zero attached hydrogens (tertiary/aromatic N) is 2. The van der Waals surface area contributed by atoms with Gasteiger partial charge in [-0.3, -0.25) is 9.59 Å². The number of rotatable bonds is 6. The molecule has 1 atom stereocenters. The monoisotopic (exact) mass is 358 g/mol. The molecule has 25 heavy (non-hydrogen) atoms. The summed E-state index contributed by atoms with van der Waals surface area (Å²) < 4.78 is 5.31. The largest absolute Gasteiger partial charge is 0.460 e. The molecule has 0 saturated carbocycles. The minimum absolute atomic E-state index is 0.00559. The highest BCUT2D eigenvalue weighted by molar-refractivity contribution is 6.29. The molecule has 1 saturated heterocycles. The first-order valence-electron chi connectivity index (χ1n) is 8.20. The van der Waals surface area contributed by atoms with Gasteiger partial charge in [-0.2, -0.15) is 0 Å². The number of carbonyl (C=O) groups excluding carboxylic acids is 2. The summed E-state index contributed by atoms with van der Waals surface area (Å²) >= 11 is 5.72. The highest BCUT2D eigenvalue weighted by Gasteiger charge is 2.35. The van der Waals surface area contributed by atoms with Crippen LogP contribution in [-0.2, 0) is 27.4 Å². The summed E-state index contributed by atoms with van der Waals surface area (Å²) in [5, 5.41) is 0.394. The van der Waals surface area contributed by atoms with Gasteiger partial charge >= 0.3 is 5.97 Å². The Balaban J connectivity index is 1.47. The van der Waals surface area contributed by atoms with Crippen LogP contribution in [0.5, 0.6) is 0 Å². The van der Waals surface area contributed by atoms with Gasteiger partial charge in [0.1, 0.15) is 11.8 Å². The fourth-order valence-corrected chi connectivity index (χ4v) is 2.93. The molecule has 3 rings (SSSR count). The lowest BCUT2D eigenvalue weighted by atomic mass is 10.1. The van der Waals surface area contributed by atoms with Crippen LogP contribution in [0.1, 0.15) is 17.5 Å². The Labute approximate surface area is 151 Å². The third kappa shape index (κ3) is 4.79. The molecule has 0 N–H and O–H groups in total. The minimum atomic E-state index is -0.400. The van der Waals surface area contributed by atoms with Crippen LogP contribution < -0.4 is 0 Å².